The molecule has 168 valence electrons. The SMILES string of the molecule is CCc1cc(-c2ccc(C#N)cc2)c(C(C)C)c(-c2ccc(C#N)cc2)c1-c1ccc(C#N)cc1. The molecular weight excluding hydrogens is 426 g/mol. The van der Waals surface area contributed by atoms with Gasteiger partial charge in [0, 0.05) is 0 Å². The zero-order chi connectivity index (χ0) is 24.9. The maximum absolute atomic E-state index is 9.34. The Bertz CT molecular complexity index is 1490. The molecule has 3 heteroatoms. The molecule has 0 radical (unpaired) electrons. The molecule has 0 saturated carbocycles. The summed E-state index contributed by atoms with van der Waals surface area (Å²) in [5.74, 6) is 0.217. The maximum Gasteiger partial charge on any atom is 0.0991 e. The van der Waals surface area contributed by atoms with Crippen LogP contribution in [0.25, 0.3) is 33.4 Å². The molecule has 4 aromatic rings. The first-order valence-corrected chi connectivity index (χ1v) is 11.7. The van der Waals surface area contributed by atoms with Gasteiger partial charge in [0.15, 0.2) is 0 Å². The van der Waals surface area contributed by atoms with E-state index in [0.29, 0.717) is 16.7 Å². The molecule has 0 aliphatic carbocycles. The predicted octanol–water partition coefficient (Wildman–Crippen LogP) is 7.99. The van der Waals surface area contributed by atoms with E-state index in [2.05, 4.69) is 45.0 Å². The van der Waals surface area contributed by atoms with E-state index in [4.69, 9.17) is 0 Å². The smallest absolute Gasteiger partial charge is 0.0991 e. The first kappa shape index (κ1) is 23.5. The average Bonchev–Trinajstić information content (AvgIpc) is 2.92. The van der Waals surface area contributed by atoms with Crippen LogP contribution < -0.4 is 0 Å². The molecule has 3 nitrogen and oxygen atoms in total. The zero-order valence-corrected chi connectivity index (χ0v) is 20.1. The number of hydrogen-bond donors (Lipinski definition) is 0. The molecule has 0 heterocycles. The molecule has 0 aliphatic rings. The van der Waals surface area contributed by atoms with Crippen LogP contribution in [0.15, 0.2) is 78.9 Å². The van der Waals surface area contributed by atoms with Crippen molar-refractivity contribution in [2.45, 2.75) is 33.1 Å². The van der Waals surface area contributed by atoms with Crippen LogP contribution in [-0.2, 0) is 6.42 Å². The molecule has 4 rings (SSSR count). The summed E-state index contributed by atoms with van der Waals surface area (Å²) in [5.41, 5.74) is 11.0. The van der Waals surface area contributed by atoms with Crippen molar-refractivity contribution in [1.29, 1.82) is 15.8 Å². The molecule has 0 saturated heterocycles. The van der Waals surface area contributed by atoms with Crippen molar-refractivity contribution in [2.24, 2.45) is 0 Å². The lowest BCUT2D eigenvalue weighted by atomic mass is 9.78. The number of rotatable bonds is 5. The number of hydrogen-bond acceptors (Lipinski definition) is 3. The van der Waals surface area contributed by atoms with Crippen LogP contribution in [0.5, 0.6) is 0 Å². The lowest BCUT2D eigenvalue weighted by molar-refractivity contribution is 0.870. The van der Waals surface area contributed by atoms with E-state index in [9.17, 15) is 15.8 Å². The molecule has 0 aliphatic heterocycles. The summed E-state index contributed by atoms with van der Waals surface area (Å²) in [6.45, 7) is 6.55. The first-order chi connectivity index (χ1) is 17.0. The van der Waals surface area contributed by atoms with Crippen LogP contribution in [-0.4, -0.2) is 0 Å². The zero-order valence-electron chi connectivity index (χ0n) is 20.1. The van der Waals surface area contributed by atoms with Crippen LogP contribution in [0.4, 0.5) is 0 Å². The monoisotopic (exact) mass is 451 g/mol. The van der Waals surface area contributed by atoms with Crippen molar-refractivity contribution in [2.75, 3.05) is 0 Å². The molecule has 0 aromatic heterocycles. The molecule has 35 heavy (non-hydrogen) atoms. The van der Waals surface area contributed by atoms with Crippen molar-refractivity contribution in [3.05, 3.63) is 107 Å². The standard InChI is InChI=1S/C32H25N3/c1-4-25-17-29(26-11-5-22(18-33)6-12-26)30(21(2)3)32(28-15-9-24(20-35)10-16-28)31(25)27-13-7-23(19-34)8-14-27/h5-17,21H,4H2,1-3H3. The van der Waals surface area contributed by atoms with Crippen LogP contribution >= 0.6 is 0 Å². The Morgan fingerprint density at radius 2 is 1.00 bits per heavy atom. The van der Waals surface area contributed by atoms with Gasteiger partial charge < -0.3 is 0 Å². The minimum atomic E-state index is 0.217. The van der Waals surface area contributed by atoms with Crippen LogP contribution in [0.1, 0.15) is 54.5 Å². The number of nitriles is 3. The van der Waals surface area contributed by atoms with Gasteiger partial charge in [-0.1, -0.05) is 63.2 Å². The van der Waals surface area contributed by atoms with Crippen LogP contribution in [0.3, 0.4) is 0 Å². The Hall–Kier alpha value is -4.65. The Morgan fingerprint density at radius 1 is 0.600 bits per heavy atom. The fourth-order valence-corrected chi connectivity index (χ4v) is 4.65. The fourth-order valence-electron chi connectivity index (χ4n) is 4.65. The summed E-state index contributed by atoms with van der Waals surface area (Å²) in [6.07, 6.45) is 0.834. The fraction of sp³-hybridized carbons (Fsp3) is 0.156. The van der Waals surface area contributed by atoms with Gasteiger partial charge in [0.25, 0.3) is 0 Å². The van der Waals surface area contributed by atoms with Gasteiger partial charge in [-0.15, -0.1) is 0 Å². The largest absolute Gasteiger partial charge is 0.192 e. The molecule has 0 spiro atoms. The molecule has 0 amide bonds. The van der Waals surface area contributed by atoms with Crippen LogP contribution in [0.2, 0.25) is 0 Å². The second-order valence-electron chi connectivity index (χ2n) is 8.82. The highest BCUT2D eigenvalue weighted by Crippen LogP contribution is 2.45. The molecule has 0 N–H and O–H groups in total. The first-order valence-electron chi connectivity index (χ1n) is 11.7. The van der Waals surface area contributed by atoms with Crippen LogP contribution in [0, 0.1) is 34.0 Å². The van der Waals surface area contributed by atoms with Crippen molar-refractivity contribution in [3.8, 4) is 51.6 Å². The van der Waals surface area contributed by atoms with E-state index in [1.807, 2.05) is 72.8 Å². The van der Waals surface area contributed by atoms with Gasteiger partial charge in [-0.25, -0.2) is 0 Å². The van der Waals surface area contributed by atoms with Crippen molar-refractivity contribution in [1.82, 2.24) is 0 Å². The average molecular weight is 452 g/mol. The molecule has 0 atom stereocenters. The summed E-state index contributed by atoms with van der Waals surface area (Å²) >= 11 is 0. The second kappa shape index (κ2) is 10.1. The summed E-state index contributed by atoms with van der Waals surface area (Å²) in [5, 5.41) is 27.9. The van der Waals surface area contributed by atoms with Gasteiger partial charge >= 0.3 is 0 Å². The van der Waals surface area contributed by atoms with Gasteiger partial charge in [0.05, 0.1) is 34.9 Å². The maximum atomic E-state index is 9.34. The Balaban J connectivity index is 2.12. The summed E-state index contributed by atoms with van der Waals surface area (Å²) in [7, 11) is 0. The minimum Gasteiger partial charge on any atom is -0.192 e. The van der Waals surface area contributed by atoms with Gasteiger partial charge in [-0.05, 0) is 93.2 Å². The van der Waals surface area contributed by atoms with Crippen molar-refractivity contribution >= 4 is 0 Å². The highest BCUT2D eigenvalue weighted by molar-refractivity contribution is 5.93. The minimum absolute atomic E-state index is 0.217. The Labute approximate surface area is 207 Å². The summed E-state index contributed by atoms with van der Waals surface area (Å²) in [6, 6.07) is 32.2. The number of aryl methyl sites for hydroxylation is 1. The molecular formula is C32H25N3. The van der Waals surface area contributed by atoms with Gasteiger partial charge in [0.1, 0.15) is 0 Å². The van der Waals surface area contributed by atoms with Gasteiger partial charge in [0.2, 0.25) is 0 Å². The van der Waals surface area contributed by atoms with E-state index in [-0.39, 0.29) is 5.92 Å². The van der Waals surface area contributed by atoms with E-state index in [1.165, 1.54) is 11.1 Å². The Morgan fingerprint density at radius 3 is 1.37 bits per heavy atom. The predicted molar refractivity (Wildman–Crippen MR) is 140 cm³/mol. The highest BCUT2D eigenvalue weighted by atomic mass is 14.3. The normalized spacial score (nSPS) is 10.4. The molecule has 4 aromatic carbocycles. The summed E-state index contributed by atoms with van der Waals surface area (Å²) in [4.78, 5) is 0. The lowest BCUT2D eigenvalue weighted by Crippen LogP contribution is -2.03. The van der Waals surface area contributed by atoms with Crippen molar-refractivity contribution < 1.29 is 0 Å². The summed E-state index contributed by atoms with van der Waals surface area (Å²) < 4.78 is 0. The number of nitrogens with zero attached hydrogens (tertiary/aromatic N) is 3. The van der Waals surface area contributed by atoms with E-state index >= 15 is 0 Å². The second-order valence-corrected chi connectivity index (χ2v) is 8.82. The Kier molecular flexibility index (Phi) is 6.78. The topological polar surface area (TPSA) is 71.4 Å². The third-order valence-electron chi connectivity index (χ3n) is 6.34. The van der Waals surface area contributed by atoms with Gasteiger partial charge in [-0.2, -0.15) is 15.8 Å². The third kappa shape index (κ3) is 4.56. The lowest BCUT2D eigenvalue weighted by Gasteiger charge is -2.25. The highest BCUT2D eigenvalue weighted by Gasteiger charge is 2.23. The number of benzene rings is 4. The molecule has 0 fully saturated rings. The van der Waals surface area contributed by atoms with E-state index in [1.54, 1.807) is 0 Å². The van der Waals surface area contributed by atoms with Gasteiger partial charge in [-0.3, -0.25) is 0 Å². The van der Waals surface area contributed by atoms with E-state index in [0.717, 1.165) is 39.8 Å². The molecule has 0 unspecified atom stereocenters. The van der Waals surface area contributed by atoms with Crippen molar-refractivity contribution in [3.63, 3.8) is 0 Å². The molecule has 0 bridgehead atoms. The third-order valence-corrected chi connectivity index (χ3v) is 6.34. The van der Waals surface area contributed by atoms with E-state index < -0.39 is 0 Å². The quantitative estimate of drug-likeness (QED) is 0.309.